The van der Waals surface area contributed by atoms with E-state index in [1.165, 1.54) is 19.2 Å². The predicted molar refractivity (Wildman–Crippen MR) is 173 cm³/mol. The van der Waals surface area contributed by atoms with Crippen molar-refractivity contribution in [3.05, 3.63) is 47.2 Å². The first-order valence-corrected chi connectivity index (χ1v) is 17.1. The normalized spacial score (nSPS) is 18.9. The number of ether oxygens (including phenoxy) is 1. The summed E-state index contributed by atoms with van der Waals surface area (Å²) in [4.78, 5) is 40.6. The number of oxime groups is 1. The van der Waals surface area contributed by atoms with Gasteiger partial charge in [0.2, 0.25) is 11.9 Å². The van der Waals surface area contributed by atoms with Crippen LogP contribution in [-0.2, 0) is 29.1 Å². The number of pyridine rings is 1. The first-order valence-electron chi connectivity index (χ1n) is 14.9. The standard InChI is InChI=1S/C27H32N12O8S2/c1-27(2)22(25(41)39(27)47-49(42,43)44)33-24(40)21(18-13-48-26(28)32-18)36-46-19(23-34-37-38-35-23)12-45-16-4-5-17-14(11-16)3-6-20(31-17)30-15-7-9-29-10-8-15/h3-6,11,13,15,19,22,29H,7-10,12H2,1-2H3,(H2,28,32)(H,30,31)(H,33,40)(H,42,43,44)(H,34,35,37,38)/b36-21-/t19-,22+/m0/s1. The molecule has 0 bridgehead atoms. The van der Waals surface area contributed by atoms with Crippen molar-refractivity contribution < 1.29 is 36.4 Å². The number of anilines is 2. The molecule has 260 valence electrons. The van der Waals surface area contributed by atoms with Crippen LogP contribution in [0.4, 0.5) is 10.9 Å². The minimum Gasteiger partial charge on any atom is -0.489 e. The van der Waals surface area contributed by atoms with Gasteiger partial charge in [0.05, 0.1) is 11.1 Å². The van der Waals surface area contributed by atoms with E-state index in [2.05, 4.69) is 51.0 Å². The number of hydroxylamine groups is 2. The van der Waals surface area contributed by atoms with E-state index in [-0.39, 0.29) is 29.0 Å². The number of fused-ring (bicyclic) bond motifs is 1. The second-order valence-corrected chi connectivity index (χ2v) is 13.5. The molecule has 20 nitrogen and oxygen atoms in total. The number of hydrogen-bond acceptors (Lipinski definition) is 17. The zero-order chi connectivity index (χ0) is 34.8. The number of aromatic amines is 1. The van der Waals surface area contributed by atoms with E-state index in [4.69, 9.17) is 24.8 Å². The summed E-state index contributed by atoms with van der Waals surface area (Å²) in [6, 6.07) is 8.37. The lowest BCUT2D eigenvalue weighted by Gasteiger charge is -2.50. The molecule has 2 aliphatic rings. The number of piperidine rings is 1. The fourth-order valence-electron chi connectivity index (χ4n) is 5.22. The number of thiazole rings is 1. The van der Waals surface area contributed by atoms with Gasteiger partial charge in [0.15, 0.2) is 10.8 Å². The Morgan fingerprint density at radius 3 is 2.71 bits per heavy atom. The number of H-pyrrole nitrogens is 1. The highest BCUT2D eigenvalue weighted by Gasteiger charge is 2.58. The lowest BCUT2D eigenvalue weighted by molar-refractivity contribution is -0.218. The predicted octanol–water partition coefficient (Wildman–Crippen LogP) is 0.332. The Morgan fingerprint density at radius 1 is 1.24 bits per heavy atom. The molecule has 0 unspecified atom stereocenters. The van der Waals surface area contributed by atoms with Gasteiger partial charge in [-0.15, -0.1) is 25.8 Å². The van der Waals surface area contributed by atoms with Gasteiger partial charge >= 0.3 is 10.4 Å². The van der Waals surface area contributed by atoms with E-state index in [0.717, 1.165) is 54.0 Å². The van der Waals surface area contributed by atoms with Crippen LogP contribution in [0.15, 0.2) is 40.9 Å². The van der Waals surface area contributed by atoms with Crippen molar-refractivity contribution >= 4 is 61.1 Å². The maximum Gasteiger partial charge on any atom is 0.418 e. The van der Waals surface area contributed by atoms with Crippen LogP contribution in [0.2, 0.25) is 0 Å². The van der Waals surface area contributed by atoms with Gasteiger partial charge in [0, 0.05) is 16.8 Å². The molecule has 5 heterocycles. The quantitative estimate of drug-likeness (QED) is 0.0471. The van der Waals surface area contributed by atoms with E-state index in [0.29, 0.717) is 16.9 Å². The Labute approximate surface area is 282 Å². The molecule has 49 heavy (non-hydrogen) atoms. The van der Waals surface area contributed by atoms with Crippen LogP contribution in [0.25, 0.3) is 10.9 Å². The van der Waals surface area contributed by atoms with E-state index in [9.17, 15) is 18.0 Å². The van der Waals surface area contributed by atoms with Crippen molar-refractivity contribution in [1.29, 1.82) is 0 Å². The molecule has 0 saturated carbocycles. The average molecular weight is 717 g/mol. The lowest BCUT2D eigenvalue weighted by Crippen LogP contribution is -2.76. The van der Waals surface area contributed by atoms with Crippen LogP contribution >= 0.6 is 11.3 Å². The zero-order valence-corrected chi connectivity index (χ0v) is 27.7. The summed E-state index contributed by atoms with van der Waals surface area (Å²) >= 11 is 1.03. The fourth-order valence-corrected chi connectivity index (χ4v) is 6.22. The molecule has 22 heteroatoms. The number of nitrogens with one attached hydrogen (secondary N) is 4. The molecule has 0 aliphatic carbocycles. The van der Waals surface area contributed by atoms with Crippen molar-refractivity contribution in [1.82, 2.24) is 46.3 Å². The topological polar surface area (TPSA) is 274 Å². The SMILES string of the molecule is CC1(C)[C@H](NC(=O)/C(=N\O[C@@H](COc2ccc3nc(NC4CCNCC4)ccc3c2)c2nn[nH]n2)c2csc(N)n2)C(=O)N1OS(=O)(=O)O. The lowest BCUT2D eigenvalue weighted by atomic mass is 9.84. The molecule has 2 fully saturated rings. The number of rotatable bonds is 13. The summed E-state index contributed by atoms with van der Waals surface area (Å²) in [5.41, 5.74) is 4.85. The van der Waals surface area contributed by atoms with Gasteiger partial charge < -0.3 is 31.3 Å². The zero-order valence-electron chi connectivity index (χ0n) is 26.1. The van der Waals surface area contributed by atoms with Crippen LogP contribution in [0.3, 0.4) is 0 Å². The summed E-state index contributed by atoms with van der Waals surface area (Å²) < 4.78 is 41.7. The first-order chi connectivity index (χ1) is 23.4. The number of carbonyl (C=O) groups excluding carboxylic acids is 2. The van der Waals surface area contributed by atoms with Crippen molar-refractivity contribution in [2.24, 2.45) is 5.16 Å². The first kappa shape index (κ1) is 33.9. The highest BCUT2D eigenvalue weighted by molar-refractivity contribution is 7.80. The van der Waals surface area contributed by atoms with Gasteiger partial charge in [0.25, 0.3) is 11.8 Å². The average Bonchev–Trinajstić information content (AvgIpc) is 3.76. The van der Waals surface area contributed by atoms with Gasteiger partial charge in [-0.3, -0.25) is 14.1 Å². The van der Waals surface area contributed by atoms with E-state index in [1.807, 2.05) is 24.3 Å². The number of β-lactam (4-membered cyclic amide) rings is 1. The number of benzene rings is 1. The minimum atomic E-state index is -4.99. The van der Waals surface area contributed by atoms with Crippen molar-refractivity contribution in [2.45, 2.75) is 50.4 Å². The van der Waals surface area contributed by atoms with Crippen LogP contribution < -0.4 is 26.4 Å². The van der Waals surface area contributed by atoms with Crippen molar-refractivity contribution in [3.8, 4) is 5.75 Å². The molecular weight excluding hydrogens is 685 g/mol. The Bertz CT molecular complexity index is 1960. The molecular formula is C27H32N12O8S2. The largest absolute Gasteiger partial charge is 0.489 e. The molecule has 1 aromatic carbocycles. The summed E-state index contributed by atoms with van der Waals surface area (Å²) in [5, 5.41) is 30.0. The van der Waals surface area contributed by atoms with Crippen LogP contribution in [-0.4, -0.2) is 103 Å². The highest BCUT2D eigenvalue weighted by atomic mass is 32.3. The Balaban J connectivity index is 1.17. The van der Waals surface area contributed by atoms with Gasteiger partial charge in [-0.1, -0.05) is 10.4 Å². The molecule has 3 aromatic heterocycles. The van der Waals surface area contributed by atoms with Crippen LogP contribution in [0.5, 0.6) is 5.75 Å². The molecule has 2 saturated heterocycles. The minimum absolute atomic E-state index is 0.0273. The van der Waals surface area contributed by atoms with Gasteiger partial charge in [0.1, 0.15) is 29.9 Å². The third-order valence-corrected chi connectivity index (χ3v) is 8.79. The Hall–Kier alpha value is -5.03. The monoisotopic (exact) mass is 716 g/mol. The van der Waals surface area contributed by atoms with Gasteiger partial charge in [-0.2, -0.15) is 18.7 Å². The van der Waals surface area contributed by atoms with E-state index >= 15 is 0 Å². The third-order valence-electron chi connectivity index (χ3n) is 7.77. The molecule has 0 spiro atoms. The molecule has 0 radical (unpaired) electrons. The second kappa shape index (κ2) is 13.8. The highest BCUT2D eigenvalue weighted by Crippen LogP contribution is 2.33. The van der Waals surface area contributed by atoms with E-state index in [1.54, 1.807) is 6.07 Å². The number of amides is 2. The smallest absolute Gasteiger partial charge is 0.418 e. The molecule has 4 aromatic rings. The van der Waals surface area contributed by atoms with Crippen molar-refractivity contribution in [3.63, 3.8) is 0 Å². The summed E-state index contributed by atoms with van der Waals surface area (Å²) in [6.45, 7) is 4.60. The van der Waals surface area contributed by atoms with Crippen LogP contribution in [0, 0.1) is 0 Å². The van der Waals surface area contributed by atoms with Gasteiger partial charge in [-0.05, 0) is 70.1 Å². The fraction of sp³-hybridized carbons (Fsp3) is 0.407. The summed E-state index contributed by atoms with van der Waals surface area (Å²) in [6.07, 6.45) is 0.968. The number of nitrogen functional groups attached to an aromatic ring is 1. The maximum absolute atomic E-state index is 13.4. The second-order valence-electron chi connectivity index (χ2n) is 11.6. The number of nitrogens with zero attached hydrogens (tertiary/aromatic N) is 7. The molecule has 2 aliphatic heterocycles. The molecule has 6 rings (SSSR count). The number of hydrogen-bond donors (Lipinski definition) is 6. The van der Waals surface area contributed by atoms with E-state index < -0.39 is 39.9 Å². The molecule has 7 N–H and O–H groups in total. The van der Waals surface area contributed by atoms with Crippen molar-refractivity contribution in [2.75, 3.05) is 30.7 Å². The maximum atomic E-state index is 13.4. The molecule has 2 amide bonds. The number of aromatic nitrogens is 6. The van der Waals surface area contributed by atoms with Gasteiger partial charge in [-0.25, -0.2) is 9.97 Å². The number of carbonyl (C=O) groups is 2. The number of tetrazole rings is 1. The Morgan fingerprint density at radius 2 is 2.04 bits per heavy atom. The molecule has 2 atom stereocenters. The third kappa shape index (κ3) is 7.83. The van der Waals surface area contributed by atoms with Crippen LogP contribution in [0.1, 0.15) is 44.3 Å². The summed E-state index contributed by atoms with van der Waals surface area (Å²) in [7, 11) is -4.99. The summed E-state index contributed by atoms with van der Waals surface area (Å²) in [5.74, 6) is -0.501. The Kier molecular flexibility index (Phi) is 9.56. The number of nitrogens with two attached hydrogens (primary N) is 1.